The number of aliphatic imine (C=N–C) groups is 1. The molecule has 0 aliphatic heterocycles. The molecule has 0 saturated carbocycles. The van der Waals surface area contributed by atoms with Crippen LogP contribution in [0.2, 0.25) is 0 Å². The van der Waals surface area contributed by atoms with E-state index in [-0.39, 0.29) is 0 Å². The maximum Gasteiger partial charge on any atom is 0.0859 e. The molecule has 0 saturated heterocycles. The van der Waals surface area contributed by atoms with E-state index in [1.165, 1.54) is 5.57 Å². The van der Waals surface area contributed by atoms with Crippen molar-refractivity contribution in [3.63, 3.8) is 0 Å². The highest BCUT2D eigenvalue weighted by atomic mass is 14.9. The summed E-state index contributed by atoms with van der Waals surface area (Å²) in [4.78, 5) is 3.79. The summed E-state index contributed by atoms with van der Waals surface area (Å²) in [7, 11) is 1.74. The predicted molar refractivity (Wildman–Crippen MR) is 46.1 cm³/mol. The molecule has 0 aromatic heterocycles. The summed E-state index contributed by atoms with van der Waals surface area (Å²) in [5, 5.41) is 2.96. The third kappa shape index (κ3) is 4.13. The zero-order valence-electron chi connectivity index (χ0n) is 7.18. The molecular weight excluding hydrogens is 124 g/mol. The summed E-state index contributed by atoms with van der Waals surface area (Å²) in [5.41, 5.74) is 1.33. The van der Waals surface area contributed by atoms with Crippen LogP contribution in [0.1, 0.15) is 20.8 Å². The zero-order chi connectivity index (χ0) is 7.98. The van der Waals surface area contributed by atoms with E-state index in [2.05, 4.69) is 31.1 Å². The van der Waals surface area contributed by atoms with Crippen molar-refractivity contribution in [1.29, 1.82) is 0 Å². The Morgan fingerprint density at radius 3 is 2.50 bits per heavy atom. The van der Waals surface area contributed by atoms with Crippen LogP contribution in [-0.4, -0.2) is 13.4 Å². The van der Waals surface area contributed by atoms with Crippen molar-refractivity contribution < 1.29 is 0 Å². The predicted octanol–water partition coefficient (Wildman–Crippen LogP) is 1.79. The van der Waals surface area contributed by atoms with E-state index in [9.17, 15) is 0 Å². The van der Waals surface area contributed by atoms with E-state index in [4.69, 9.17) is 0 Å². The van der Waals surface area contributed by atoms with Crippen molar-refractivity contribution >= 4 is 6.34 Å². The van der Waals surface area contributed by atoms with Crippen molar-refractivity contribution in [3.8, 4) is 0 Å². The van der Waals surface area contributed by atoms with Gasteiger partial charge in [-0.3, -0.25) is 4.99 Å². The van der Waals surface area contributed by atoms with Crippen molar-refractivity contribution in [1.82, 2.24) is 5.32 Å². The van der Waals surface area contributed by atoms with Gasteiger partial charge in [0.15, 0.2) is 0 Å². The van der Waals surface area contributed by atoms with E-state index in [0.29, 0.717) is 5.92 Å². The summed E-state index contributed by atoms with van der Waals surface area (Å²) < 4.78 is 0. The molecule has 2 nitrogen and oxygen atoms in total. The van der Waals surface area contributed by atoms with E-state index in [1.54, 1.807) is 13.4 Å². The van der Waals surface area contributed by atoms with Gasteiger partial charge >= 0.3 is 0 Å². The average molecular weight is 140 g/mol. The van der Waals surface area contributed by atoms with E-state index in [0.717, 1.165) is 0 Å². The summed E-state index contributed by atoms with van der Waals surface area (Å²) >= 11 is 0. The minimum Gasteiger partial charge on any atom is -0.353 e. The zero-order valence-corrected chi connectivity index (χ0v) is 7.18. The fourth-order valence-corrected chi connectivity index (χ4v) is 0.410. The molecule has 0 aromatic carbocycles. The lowest BCUT2D eigenvalue weighted by molar-refractivity contribution is 0.762. The van der Waals surface area contributed by atoms with Crippen molar-refractivity contribution in [2.24, 2.45) is 10.9 Å². The average Bonchev–Trinajstić information content (AvgIpc) is 1.88. The van der Waals surface area contributed by atoms with Gasteiger partial charge in [-0.15, -0.1) is 0 Å². The molecule has 58 valence electrons. The van der Waals surface area contributed by atoms with Gasteiger partial charge in [0.05, 0.1) is 6.34 Å². The lowest BCUT2D eigenvalue weighted by Gasteiger charge is -2.02. The minimum absolute atomic E-state index is 0.609. The summed E-state index contributed by atoms with van der Waals surface area (Å²) in [6.07, 6.45) is 3.64. The standard InChI is InChI=1S/C8H16N2/c1-7(2)8(3)5-10-6-9-4/h5-7H,1-4H3,(H,9,10)/b8-5-. The topological polar surface area (TPSA) is 24.4 Å². The second kappa shape index (κ2) is 5.03. The van der Waals surface area contributed by atoms with Crippen molar-refractivity contribution in [3.05, 3.63) is 11.8 Å². The van der Waals surface area contributed by atoms with Gasteiger partial charge in [-0.1, -0.05) is 19.4 Å². The first-order valence-corrected chi connectivity index (χ1v) is 3.51. The van der Waals surface area contributed by atoms with Crippen LogP contribution in [-0.2, 0) is 0 Å². The highest BCUT2D eigenvalue weighted by Crippen LogP contribution is 2.05. The molecule has 0 spiro atoms. The fraction of sp³-hybridized carbons (Fsp3) is 0.625. The van der Waals surface area contributed by atoms with Crippen molar-refractivity contribution in [2.45, 2.75) is 20.8 Å². The smallest absolute Gasteiger partial charge is 0.0859 e. The van der Waals surface area contributed by atoms with Gasteiger partial charge in [-0.2, -0.15) is 0 Å². The van der Waals surface area contributed by atoms with Gasteiger partial charge in [0, 0.05) is 13.2 Å². The molecule has 0 unspecified atom stereocenters. The molecule has 0 fully saturated rings. The molecule has 0 amide bonds. The molecule has 0 aromatic rings. The second-order valence-electron chi connectivity index (χ2n) is 2.60. The van der Waals surface area contributed by atoms with Crippen LogP contribution < -0.4 is 5.32 Å². The first-order valence-electron chi connectivity index (χ1n) is 3.51. The van der Waals surface area contributed by atoms with Crippen molar-refractivity contribution in [2.75, 3.05) is 7.05 Å². The van der Waals surface area contributed by atoms with Crippen LogP contribution in [0.25, 0.3) is 0 Å². The Balaban J connectivity index is 3.68. The molecule has 0 atom stereocenters. The van der Waals surface area contributed by atoms with Crippen LogP contribution in [0.4, 0.5) is 0 Å². The van der Waals surface area contributed by atoms with Gasteiger partial charge in [0.1, 0.15) is 0 Å². The Bertz CT molecular complexity index is 134. The molecule has 10 heavy (non-hydrogen) atoms. The molecule has 1 N–H and O–H groups in total. The highest BCUT2D eigenvalue weighted by Gasteiger charge is 1.92. The summed E-state index contributed by atoms with van der Waals surface area (Å²) in [5.74, 6) is 0.609. The third-order valence-electron chi connectivity index (χ3n) is 1.43. The third-order valence-corrected chi connectivity index (χ3v) is 1.43. The quantitative estimate of drug-likeness (QED) is 0.469. The molecule has 0 bridgehead atoms. The second-order valence-corrected chi connectivity index (χ2v) is 2.60. The lowest BCUT2D eigenvalue weighted by atomic mass is 10.1. The Morgan fingerprint density at radius 1 is 1.50 bits per heavy atom. The number of hydrogen-bond acceptors (Lipinski definition) is 1. The van der Waals surface area contributed by atoms with Gasteiger partial charge in [-0.05, 0) is 12.8 Å². The molecular formula is C8H16N2. The van der Waals surface area contributed by atoms with E-state index in [1.807, 2.05) is 6.20 Å². The number of rotatable bonds is 3. The largest absolute Gasteiger partial charge is 0.353 e. The lowest BCUT2D eigenvalue weighted by Crippen LogP contribution is -2.03. The molecule has 0 aliphatic rings. The first-order chi connectivity index (χ1) is 4.68. The maximum atomic E-state index is 3.79. The first kappa shape index (κ1) is 9.21. The van der Waals surface area contributed by atoms with Crippen LogP contribution in [0.15, 0.2) is 16.8 Å². The highest BCUT2D eigenvalue weighted by molar-refractivity contribution is 5.55. The Hall–Kier alpha value is -0.790. The monoisotopic (exact) mass is 140 g/mol. The van der Waals surface area contributed by atoms with Crippen LogP contribution in [0, 0.1) is 5.92 Å². The van der Waals surface area contributed by atoms with E-state index < -0.39 is 0 Å². The fourth-order valence-electron chi connectivity index (χ4n) is 0.410. The Labute approximate surface area is 63.0 Å². The number of nitrogens with zero attached hydrogens (tertiary/aromatic N) is 1. The minimum atomic E-state index is 0.609. The number of allylic oxidation sites excluding steroid dienone is 1. The van der Waals surface area contributed by atoms with Crippen LogP contribution >= 0.6 is 0 Å². The maximum absolute atomic E-state index is 3.79. The van der Waals surface area contributed by atoms with Gasteiger partial charge in [0.2, 0.25) is 0 Å². The summed E-state index contributed by atoms with van der Waals surface area (Å²) in [6, 6.07) is 0. The SMILES string of the molecule is CN=CN/C=C(/C)C(C)C. The number of nitrogens with one attached hydrogen (secondary N) is 1. The summed E-state index contributed by atoms with van der Waals surface area (Å²) in [6.45, 7) is 6.42. The molecule has 0 rings (SSSR count). The normalized spacial score (nSPS) is 13.1. The van der Waals surface area contributed by atoms with E-state index >= 15 is 0 Å². The number of hydrogen-bond donors (Lipinski definition) is 1. The molecule has 0 heterocycles. The van der Waals surface area contributed by atoms with Gasteiger partial charge < -0.3 is 5.32 Å². The Morgan fingerprint density at radius 2 is 2.10 bits per heavy atom. The molecule has 2 heteroatoms. The van der Waals surface area contributed by atoms with Crippen LogP contribution in [0.5, 0.6) is 0 Å². The van der Waals surface area contributed by atoms with Crippen LogP contribution in [0.3, 0.4) is 0 Å². The Kier molecular flexibility index (Phi) is 4.63. The molecule has 0 aliphatic carbocycles. The van der Waals surface area contributed by atoms with Gasteiger partial charge in [0.25, 0.3) is 0 Å². The van der Waals surface area contributed by atoms with Gasteiger partial charge in [-0.25, -0.2) is 0 Å². The molecule has 0 radical (unpaired) electrons.